The quantitative estimate of drug-likeness (QED) is 0.551. The second-order valence-corrected chi connectivity index (χ2v) is 7.23. The molecule has 140 valence electrons. The molecule has 0 amide bonds. The van der Waals surface area contributed by atoms with E-state index in [-0.39, 0.29) is 11.5 Å². The first-order valence-corrected chi connectivity index (χ1v) is 9.43. The number of nitrogens with one attached hydrogen (secondary N) is 1. The van der Waals surface area contributed by atoms with Gasteiger partial charge in [0.25, 0.3) is 0 Å². The van der Waals surface area contributed by atoms with E-state index in [4.69, 9.17) is 9.72 Å². The topological polar surface area (TPSA) is 55.0 Å². The Balaban J connectivity index is 1.74. The molecule has 4 nitrogen and oxygen atoms in total. The summed E-state index contributed by atoms with van der Waals surface area (Å²) in [7, 11) is 1.45. The lowest BCUT2D eigenvalue weighted by atomic mass is 9.90. The molecule has 28 heavy (non-hydrogen) atoms. The predicted octanol–water partition coefficient (Wildman–Crippen LogP) is 4.97. The van der Waals surface area contributed by atoms with Gasteiger partial charge in [0, 0.05) is 29.1 Å². The Morgan fingerprint density at radius 2 is 2.04 bits per heavy atom. The molecule has 4 aromatic rings. The van der Waals surface area contributed by atoms with Gasteiger partial charge in [0.15, 0.2) is 17.3 Å². The number of hydrogen-bond acceptors (Lipinski definition) is 3. The molecule has 0 aliphatic heterocycles. The zero-order chi connectivity index (χ0) is 19.3. The van der Waals surface area contributed by atoms with Crippen molar-refractivity contribution in [2.24, 2.45) is 0 Å². The highest BCUT2D eigenvalue weighted by molar-refractivity contribution is 6.13. The second kappa shape index (κ2) is 6.44. The number of carbonyl (C=O) groups is 1. The zero-order valence-corrected chi connectivity index (χ0v) is 15.5. The van der Waals surface area contributed by atoms with Crippen LogP contribution in [0.1, 0.15) is 40.2 Å². The van der Waals surface area contributed by atoms with Gasteiger partial charge in [0.2, 0.25) is 0 Å². The van der Waals surface area contributed by atoms with E-state index in [1.807, 2.05) is 24.3 Å². The van der Waals surface area contributed by atoms with Crippen LogP contribution in [-0.4, -0.2) is 22.9 Å². The normalized spacial score (nSPS) is 13.9. The Kier molecular flexibility index (Phi) is 3.90. The van der Waals surface area contributed by atoms with Crippen molar-refractivity contribution in [1.29, 1.82) is 0 Å². The van der Waals surface area contributed by atoms with Gasteiger partial charge in [-0.2, -0.15) is 0 Å². The standard InChI is InChI=1S/C23H19FN2O2/c1-28-20-10-9-13(11-16(20)24)12-18-23-21(14-5-2-3-7-17(14)25-23)15-6-4-8-19(27)22(15)26-18/h2-3,5,7,9-11,25H,4,6,8,12H2,1H3. The Hall–Kier alpha value is -3.21. The van der Waals surface area contributed by atoms with Crippen LogP contribution in [0, 0.1) is 5.82 Å². The van der Waals surface area contributed by atoms with Gasteiger partial charge in [0.05, 0.1) is 18.3 Å². The number of carbonyl (C=O) groups excluding carboxylic acids is 1. The monoisotopic (exact) mass is 374 g/mol. The molecule has 0 saturated carbocycles. The maximum Gasteiger partial charge on any atom is 0.181 e. The van der Waals surface area contributed by atoms with Gasteiger partial charge in [-0.3, -0.25) is 4.79 Å². The fourth-order valence-corrected chi connectivity index (χ4v) is 4.21. The molecule has 0 spiro atoms. The summed E-state index contributed by atoms with van der Waals surface area (Å²) >= 11 is 0. The number of fused-ring (bicyclic) bond motifs is 5. The fraction of sp³-hybridized carbons (Fsp3) is 0.217. The van der Waals surface area contributed by atoms with E-state index in [2.05, 4.69) is 11.1 Å². The van der Waals surface area contributed by atoms with Crippen LogP contribution < -0.4 is 4.74 Å². The SMILES string of the molecule is COc1ccc(Cc2nc3c(c4c2[nH]c2ccccc24)CCCC3=O)cc1F. The highest BCUT2D eigenvalue weighted by atomic mass is 19.1. The molecule has 0 atom stereocenters. The maximum absolute atomic E-state index is 14.2. The number of methoxy groups -OCH3 is 1. The average Bonchev–Trinajstić information content (AvgIpc) is 3.09. The zero-order valence-electron chi connectivity index (χ0n) is 15.5. The Bertz CT molecular complexity index is 1240. The van der Waals surface area contributed by atoms with Crippen molar-refractivity contribution in [2.75, 3.05) is 7.11 Å². The number of Topliss-reactive ketones (excluding diaryl/α,β-unsaturated/α-hetero) is 1. The van der Waals surface area contributed by atoms with Gasteiger partial charge in [-0.05, 0) is 42.2 Å². The number of benzene rings is 2. The number of ether oxygens (including phenoxy) is 1. The van der Waals surface area contributed by atoms with Gasteiger partial charge in [-0.15, -0.1) is 0 Å². The van der Waals surface area contributed by atoms with Crippen LogP contribution >= 0.6 is 0 Å². The third-order valence-corrected chi connectivity index (χ3v) is 5.51. The molecule has 2 aromatic carbocycles. The van der Waals surface area contributed by atoms with E-state index in [9.17, 15) is 9.18 Å². The molecule has 0 saturated heterocycles. The van der Waals surface area contributed by atoms with Crippen LogP contribution in [0.25, 0.3) is 21.8 Å². The van der Waals surface area contributed by atoms with Crippen molar-refractivity contribution in [2.45, 2.75) is 25.7 Å². The number of H-pyrrole nitrogens is 1. The summed E-state index contributed by atoms with van der Waals surface area (Å²) in [6.45, 7) is 0. The molecule has 1 N–H and O–H groups in total. The summed E-state index contributed by atoms with van der Waals surface area (Å²) in [5, 5.41) is 2.19. The van der Waals surface area contributed by atoms with Crippen LogP contribution in [0.5, 0.6) is 5.75 Å². The van der Waals surface area contributed by atoms with Crippen LogP contribution in [0.4, 0.5) is 4.39 Å². The molecule has 1 aliphatic carbocycles. The lowest BCUT2D eigenvalue weighted by Gasteiger charge is -2.17. The highest BCUT2D eigenvalue weighted by Gasteiger charge is 2.25. The van der Waals surface area contributed by atoms with Crippen molar-refractivity contribution in [3.8, 4) is 5.75 Å². The lowest BCUT2D eigenvalue weighted by Crippen LogP contribution is -2.15. The van der Waals surface area contributed by atoms with E-state index in [1.54, 1.807) is 6.07 Å². The largest absolute Gasteiger partial charge is 0.494 e. The maximum atomic E-state index is 14.2. The summed E-state index contributed by atoms with van der Waals surface area (Å²) in [5.41, 5.74) is 5.12. The number of para-hydroxylation sites is 1. The molecule has 1 aliphatic rings. The third-order valence-electron chi connectivity index (χ3n) is 5.51. The minimum absolute atomic E-state index is 0.0931. The van der Waals surface area contributed by atoms with E-state index < -0.39 is 5.82 Å². The van der Waals surface area contributed by atoms with Gasteiger partial charge < -0.3 is 9.72 Å². The van der Waals surface area contributed by atoms with E-state index in [0.29, 0.717) is 18.5 Å². The highest BCUT2D eigenvalue weighted by Crippen LogP contribution is 2.35. The minimum Gasteiger partial charge on any atom is -0.494 e. The summed E-state index contributed by atoms with van der Waals surface area (Å²) in [4.78, 5) is 20.8. The number of pyridine rings is 1. The van der Waals surface area contributed by atoms with E-state index in [0.717, 1.165) is 51.5 Å². The van der Waals surface area contributed by atoms with Crippen molar-refractivity contribution in [1.82, 2.24) is 9.97 Å². The molecule has 2 aromatic heterocycles. The molecule has 5 heteroatoms. The molecule has 0 unspecified atom stereocenters. The molecular weight excluding hydrogens is 355 g/mol. The van der Waals surface area contributed by atoms with Gasteiger partial charge in [-0.1, -0.05) is 24.3 Å². The van der Waals surface area contributed by atoms with Crippen LogP contribution in [0.15, 0.2) is 42.5 Å². The molecule has 2 heterocycles. The smallest absolute Gasteiger partial charge is 0.181 e. The summed E-state index contributed by atoms with van der Waals surface area (Å²) < 4.78 is 19.2. The molecule has 0 radical (unpaired) electrons. The summed E-state index contributed by atoms with van der Waals surface area (Å²) in [6.07, 6.45) is 2.67. The van der Waals surface area contributed by atoms with Crippen LogP contribution in [0.2, 0.25) is 0 Å². The van der Waals surface area contributed by atoms with Crippen molar-refractivity contribution >= 4 is 27.6 Å². The van der Waals surface area contributed by atoms with Gasteiger partial charge >= 0.3 is 0 Å². The van der Waals surface area contributed by atoms with E-state index >= 15 is 0 Å². The number of aromatic nitrogens is 2. The number of hydrogen-bond donors (Lipinski definition) is 1. The Labute approximate surface area is 161 Å². The van der Waals surface area contributed by atoms with Crippen molar-refractivity contribution in [3.63, 3.8) is 0 Å². The summed E-state index contributed by atoms with van der Waals surface area (Å²) in [6, 6.07) is 13.0. The molecular formula is C23H19FN2O2. The fourth-order valence-electron chi connectivity index (χ4n) is 4.21. The lowest BCUT2D eigenvalue weighted by molar-refractivity contribution is 0.0967. The van der Waals surface area contributed by atoms with Crippen LogP contribution in [-0.2, 0) is 12.8 Å². The number of aromatic amines is 1. The first kappa shape index (κ1) is 16.9. The number of halogens is 1. The number of rotatable bonds is 3. The molecule has 5 rings (SSSR count). The van der Waals surface area contributed by atoms with Gasteiger partial charge in [0.1, 0.15) is 5.69 Å². The van der Waals surface area contributed by atoms with Crippen molar-refractivity contribution in [3.05, 3.63) is 70.8 Å². The van der Waals surface area contributed by atoms with Gasteiger partial charge in [-0.25, -0.2) is 9.37 Å². The second-order valence-electron chi connectivity index (χ2n) is 7.23. The summed E-state index contributed by atoms with van der Waals surface area (Å²) in [5.74, 6) is -0.0920. The number of nitrogens with zero attached hydrogens (tertiary/aromatic N) is 1. The predicted molar refractivity (Wildman–Crippen MR) is 107 cm³/mol. The third kappa shape index (κ3) is 2.58. The first-order valence-electron chi connectivity index (χ1n) is 9.43. The molecule has 0 bridgehead atoms. The number of ketones is 1. The Morgan fingerprint density at radius 1 is 1.18 bits per heavy atom. The first-order chi connectivity index (χ1) is 13.7. The molecule has 0 fully saturated rings. The van der Waals surface area contributed by atoms with E-state index in [1.165, 1.54) is 13.2 Å². The van der Waals surface area contributed by atoms with Crippen LogP contribution in [0.3, 0.4) is 0 Å². The Morgan fingerprint density at radius 3 is 2.86 bits per heavy atom. The number of aryl methyl sites for hydroxylation is 1. The minimum atomic E-state index is -0.401. The average molecular weight is 374 g/mol. The van der Waals surface area contributed by atoms with Crippen molar-refractivity contribution < 1.29 is 13.9 Å².